The zero-order valence-corrected chi connectivity index (χ0v) is 34.8. The standard InChI is InChI=1S/C39H69N5O16/c1-3-5-6-7-8-9-10-11-12-13-14-16-29(47)40-26(36(53)41-25(15-4-2)37(54)55)23-56-22-24-19-44(43-42-24)17-18-57-38-34(52)32(50)35(28(21-46)59-38)60-39-33(51)31(49)30(48)27(20-45)58-39/h19,25-28,30-35,38-39,45-46,48-52H,3-18,20-23H2,1-2H3,(H,40,47)(H,41,53)(H,54,55)/t25-,26+,27?,28?,30-,31?,32-,33+,34?,35-,38-,39-/m1/s1. The Hall–Kier alpha value is -2.93. The van der Waals surface area contributed by atoms with Crippen LogP contribution >= 0.6 is 0 Å². The molecule has 2 amide bonds. The van der Waals surface area contributed by atoms with Crippen LogP contribution in [0.4, 0.5) is 0 Å². The molecule has 3 rings (SSSR count). The molecule has 2 saturated heterocycles. The van der Waals surface area contributed by atoms with Crippen molar-refractivity contribution in [1.29, 1.82) is 0 Å². The number of nitrogens with one attached hydrogen (secondary N) is 2. The normalized spacial score (nSPS) is 27.9. The van der Waals surface area contributed by atoms with Gasteiger partial charge in [0.05, 0.1) is 45.8 Å². The summed E-state index contributed by atoms with van der Waals surface area (Å²) in [4.78, 5) is 37.7. The van der Waals surface area contributed by atoms with Crippen molar-refractivity contribution in [2.24, 2.45) is 0 Å². The maximum absolute atomic E-state index is 13.2. The Bertz CT molecular complexity index is 1370. The Kier molecular flexibility index (Phi) is 23.9. The maximum Gasteiger partial charge on any atom is 0.326 e. The summed E-state index contributed by atoms with van der Waals surface area (Å²) in [5.74, 6) is -2.21. The molecule has 10 N–H and O–H groups in total. The van der Waals surface area contributed by atoms with Gasteiger partial charge in [-0.2, -0.15) is 0 Å². The number of aromatic nitrogens is 3. The predicted octanol–water partition coefficient (Wildman–Crippen LogP) is -1.01. The molecule has 21 heteroatoms. The summed E-state index contributed by atoms with van der Waals surface area (Å²) < 4.78 is 29.2. The van der Waals surface area contributed by atoms with E-state index in [4.69, 9.17) is 23.7 Å². The number of aliphatic hydroxyl groups excluding tert-OH is 7. The number of ether oxygens (including phenoxy) is 5. The zero-order valence-electron chi connectivity index (χ0n) is 34.8. The Morgan fingerprint density at radius 2 is 1.38 bits per heavy atom. The summed E-state index contributed by atoms with van der Waals surface area (Å²) in [6.07, 6.45) is -0.894. The lowest BCUT2D eigenvalue weighted by molar-refractivity contribution is -0.359. The van der Waals surface area contributed by atoms with Gasteiger partial charge < -0.3 is 75.2 Å². The van der Waals surface area contributed by atoms with Gasteiger partial charge in [0.2, 0.25) is 11.8 Å². The van der Waals surface area contributed by atoms with Crippen molar-refractivity contribution in [3.63, 3.8) is 0 Å². The van der Waals surface area contributed by atoms with E-state index in [9.17, 15) is 55.2 Å². The predicted molar refractivity (Wildman–Crippen MR) is 210 cm³/mol. The van der Waals surface area contributed by atoms with Gasteiger partial charge in [0.1, 0.15) is 66.6 Å². The second-order valence-corrected chi connectivity index (χ2v) is 15.5. The Morgan fingerprint density at radius 3 is 2.00 bits per heavy atom. The minimum absolute atomic E-state index is 0.0818. The molecule has 60 heavy (non-hydrogen) atoms. The number of amides is 2. The number of nitrogens with zero attached hydrogens (tertiary/aromatic N) is 3. The quantitative estimate of drug-likeness (QED) is 0.0414. The second-order valence-electron chi connectivity index (χ2n) is 15.5. The fraction of sp³-hybridized carbons (Fsp3) is 0.872. The third-order valence-corrected chi connectivity index (χ3v) is 10.5. The van der Waals surface area contributed by atoms with Crippen LogP contribution in [0.1, 0.15) is 109 Å². The lowest BCUT2D eigenvalue weighted by Crippen LogP contribution is -2.64. The second kappa shape index (κ2) is 27.9. The first-order chi connectivity index (χ1) is 28.8. The lowest BCUT2D eigenvalue weighted by Gasteiger charge is -2.45. The van der Waals surface area contributed by atoms with Gasteiger partial charge >= 0.3 is 5.97 Å². The molecule has 0 aromatic carbocycles. The van der Waals surface area contributed by atoms with Crippen molar-refractivity contribution in [1.82, 2.24) is 25.6 Å². The third kappa shape index (κ3) is 16.7. The summed E-state index contributed by atoms with van der Waals surface area (Å²) in [6.45, 7) is 2.15. The first-order valence-electron chi connectivity index (χ1n) is 21.3. The van der Waals surface area contributed by atoms with E-state index in [2.05, 4.69) is 27.9 Å². The van der Waals surface area contributed by atoms with E-state index in [-0.39, 0.29) is 45.1 Å². The van der Waals surface area contributed by atoms with E-state index < -0.39 is 98.6 Å². The van der Waals surface area contributed by atoms with Crippen LogP contribution in [0.25, 0.3) is 0 Å². The lowest BCUT2D eigenvalue weighted by atomic mass is 9.97. The minimum Gasteiger partial charge on any atom is -0.480 e. The van der Waals surface area contributed by atoms with Gasteiger partial charge in [-0.15, -0.1) is 5.10 Å². The number of carboxylic acids is 1. The monoisotopic (exact) mass is 863 g/mol. The molecule has 0 radical (unpaired) electrons. The summed E-state index contributed by atoms with van der Waals surface area (Å²) >= 11 is 0. The van der Waals surface area contributed by atoms with Gasteiger partial charge in [0.15, 0.2) is 12.6 Å². The molecule has 0 bridgehead atoms. The van der Waals surface area contributed by atoms with Crippen LogP contribution in [-0.4, -0.2) is 174 Å². The van der Waals surface area contributed by atoms with E-state index in [1.807, 2.05) is 0 Å². The molecule has 346 valence electrons. The van der Waals surface area contributed by atoms with Crippen molar-refractivity contribution < 1.29 is 78.9 Å². The Balaban J connectivity index is 1.46. The number of carbonyl (C=O) groups is 3. The average molecular weight is 864 g/mol. The van der Waals surface area contributed by atoms with E-state index >= 15 is 0 Å². The largest absolute Gasteiger partial charge is 0.480 e. The van der Waals surface area contributed by atoms with Crippen molar-refractivity contribution in [2.45, 2.75) is 190 Å². The van der Waals surface area contributed by atoms with Crippen LogP contribution in [0.5, 0.6) is 0 Å². The number of rotatable bonds is 30. The summed E-state index contributed by atoms with van der Waals surface area (Å²) in [5, 5.41) is 94.1. The average Bonchev–Trinajstić information content (AvgIpc) is 3.68. The third-order valence-electron chi connectivity index (χ3n) is 10.5. The molecule has 1 aromatic rings. The highest BCUT2D eigenvalue weighted by Crippen LogP contribution is 2.29. The molecular weight excluding hydrogens is 794 g/mol. The highest BCUT2D eigenvalue weighted by atomic mass is 16.7. The minimum atomic E-state index is -1.80. The molecule has 21 nitrogen and oxygen atoms in total. The number of carbonyl (C=O) groups excluding carboxylic acids is 2. The highest BCUT2D eigenvalue weighted by Gasteiger charge is 2.50. The SMILES string of the molecule is CCCCCCCCCCCCCC(=O)N[C@@H](COCc1cn(CCO[C@@H]2OC(CO)[C@@H](O[C@H]3OC(CO)[C@@H](O)C(O)[C@@H]3O)[C@H](O)C2O)nn1)C(=O)N[C@H](CCC)C(=O)O. The summed E-state index contributed by atoms with van der Waals surface area (Å²) in [7, 11) is 0. The van der Waals surface area contributed by atoms with Crippen molar-refractivity contribution in [2.75, 3.05) is 26.4 Å². The first kappa shape index (κ1) is 51.4. The molecule has 4 unspecified atom stereocenters. The van der Waals surface area contributed by atoms with Crippen LogP contribution in [0.3, 0.4) is 0 Å². The molecule has 2 aliphatic rings. The van der Waals surface area contributed by atoms with Crippen LogP contribution < -0.4 is 10.6 Å². The summed E-state index contributed by atoms with van der Waals surface area (Å²) in [6, 6.07) is -2.28. The van der Waals surface area contributed by atoms with Gasteiger partial charge in [0.25, 0.3) is 0 Å². The maximum atomic E-state index is 13.2. The van der Waals surface area contributed by atoms with Gasteiger partial charge in [-0.3, -0.25) is 9.59 Å². The van der Waals surface area contributed by atoms with Crippen molar-refractivity contribution >= 4 is 17.8 Å². The number of carboxylic acid groups (broad SMARTS) is 1. The van der Waals surface area contributed by atoms with Gasteiger partial charge in [0, 0.05) is 6.42 Å². The zero-order chi connectivity index (χ0) is 44.0. The van der Waals surface area contributed by atoms with Crippen molar-refractivity contribution in [3.05, 3.63) is 11.9 Å². The number of hydrogen-bond donors (Lipinski definition) is 10. The van der Waals surface area contributed by atoms with E-state index in [1.165, 1.54) is 55.8 Å². The molecule has 0 saturated carbocycles. The van der Waals surface area contributed by atoms with E-state index in [0.29, 0.717) is 18.5 Å². The molecule has 3 heterocycles. The Morgan fingerprint density at radius 1 is 0.767 bits per heavy atom. The number of unbranched alkanes of at least 4 members (excludes halogenated alkanes) is 10. The Labute approximate surface area is 350 Å². The molecule has 12 atom stereocenters. The smallest absolute Gasteiger partial charge is 0.326 e. The van der Waals surface area contributed by atoms with Gasteiger partial charge in [-0.25, -0.2) is 9.48 Å². The number of aliphatic hydroxyl groups is 7. The van der Waals surface area contributed by atoms with Gasteiger partial charge in [-0.05, 0) is 12.8 Å². The fourth-order valence-corrected chi connectivity index (χ4v) is 6.97. The van der Waals surface area contributed by atoms with Crippen LogP contribution in [0.2, 0.25) is 0 Å². The van der Waals surface area contributed by atoms with Crippen molar-refractivity contribution in [3.8, 4) is 0 Å². The molecule has 0 aliphatic carbocycles. The topological polar surface area (TPSA) is 314 Å². The number of hydrogen-bond acceptors (Lipinski definition) is 17. The fourth-order valence-electron chi connectivity index (χ4n) is 6.97. The molecule has 2 fully saturated rings. The van der Waals surface area contributed by atoms with E-state index in [0.717, 1.165) is 19.3 Å². The number of aliphatic carboxylic acids is 1. The molecule has 2 aliphatic heterocycles. The van der Waals surface area contributed by atoms with Crippen LogP contribution in [0.15, 0.2) is 6.20 Å². The van der Waals surface area contributed by atoms with E-state index in [1.54, 1.807) is 6.92 Å². The van der Waals surface area contributed by atoms with Gasteiger partial charge in [-0.1, -0.05) is 89.7 Å². The van der Waals surface area contributed by atoms with Crippen LogP contribution in [-0.2, 0) is 51.2 Å². The first-order valence-corrected chi connectivity index (χ1v) is 21.3. The molecule has 1 aromatic heterocycles. The molecule has 0 spiro atoms. The molecular formula is C39H69N5O16. The summed E-state index contributed by atoms with van der Waals surface area (Å²) in [5.41, 5.74) is 0.355. The highest BCUT2D eigenvalue weighted by molar-refractivity contribution is 5.90. The van der Waals surface area contributed by atoms with Crippen LogP contribution in [0, 0.1) is 0 Å².